The van der Waals surface area contributed by atoms with Crippen LogP contribution in [0.2, 0.25) is 0 Å². The lowest BCUT2D eigenvalue weighted by molar-refractivity contribution is 1.40. The highest BCUT2D eigenvalue weighted by molar-refractivity contribution is 9.10. The Morgan fingerprint density at radius 1 is 1.11 bits per heavy atom. The van der Waals surface area contributed by atoms with Crippen molar-refractivity contribution in [1.82, 2.24) is 4.98 Å². The quantitative estimate of drug-likeness (QED) is 0.683. The number of nitrogens with two attached hydrogens (primary N) is 1. The molecule has 0 radical (unpaired) electrons. The van der Waals surface area contributed by atoms with Crippen molar-refractivity contribution in [2.24, 2.45) is 0 Å². The van der Waals surface area contributed by atoms with Crippen LogP contribution < -0.4 is 5.73 Å². The van der Waals surface area contributed by atoms with Crippen molar-refractivity contribution >= 4 is 54.9 Å². The van der Waals surface area contributed by atoms with E-state index >= 15 is 0 Å². The van der Waals surface area contributed by atoms with Crippen molar-refractivity contribution in [2.45, 2.75) is 9.79 Å². The summed E-state index contributed by atoms with van der Waals surface area (Å²) in [7, 11) is 0. The standard InChI is InChI=1S/C13H9BrN2S2/c14-8-1-3-9(4-2-8)18-10-5-6-11-13(12(10)15)16-7-17-11/h1-7H,15H2. The van der Waals surface area contributed by atoms with Gasteiger partial charge in [0.1, 0.15) is 5.52 Å². The first kappa shape index (κ1) is 12.0. The van der Waals surface area contributed by atoms with Crippen molar-refractivity contribution < 1.29 is 0 Å². The molecule has 5 heteroatoms. The van der Waals surface area contributed by atoms with Gasteiger partial charge in [0.05, 0.1) is 15.9 Å². The molecule has 1 aromatic heterocycles. The lowest BCUT2D eigenvalue weighted by atomic mass is 10.3. The smallest absolute Gasteiger partial charge is 0.105 e. The molecule has 3 rings (SSSR count). The minimum Gasteiger partial charge on any atom is -0.396 e. The van der Waals surface area contributed by atoms with Gasteiger partial charge in [-0.3, -0.25) is 0 Å². The summed E-state index contributed by atoms with van der Waals surface area (Å²) < 4.78 is 2.21. The zero-order chi connectivity index (χ0) is 12.5. The molecule has 0 fully saturated rings. The molecule has 90 valence electrons. The van der Waals surface area contributed by atoms with Crippen LogP contribution in [0.1, 0.15) is 0 Å². The topological polar surface area (TPSA) is 38.9 Å². The number of anilines is 1. The fourth-order valence-corrected chi connectivity index (χ4v) is 3.48. The first-order chi connectivity index (χ1) is 8.74. The summed E-state index contributed by atoms with van der Waals surface area (Å²) in [4.78, 5) is 6.53. The van der Waals surface area contributed by atoms with Crippen molar-refractivity contribution in [1.29, 1.82) is 0 Å². The number of nitrogens with zero attached hydrogens (tertiary/aromatic N) is 1. The Kier molecular flexibility index (Phi) is 3.28. The lowest BCUT2D eigenvalue weighted by Gasteiger charge is -2.06. The number of thiazole rings is 1. The van der Waals surface area contributed by atoms with Gasteiger partial charge in [0.2, 0.25) is 0 Å². The van der Waals surface area contributed by atoms with Crippen LogP contribution in [0.3, 0.4) is 0 Å². The number of hydrogen-bond acceptors (Lipinski definition) is 4. The zero-order valence-corrected chi connectivity index (χ0v) is 12.5. The van der Waals surface area contributed by atoms with Crippen LogP contribution >= 0.6 is 39.0 Å². The van der Waals surface area contributed by atoms with Crippen LogP contribution in [0.25, 0.3) is 10.2 Å². The number of benzene rings is 2. The summed E-state index contributed by atoms with van der Waals surface area (Å²) in [6.07, 6.45) is 0. The van der Waals surface area contributed by atoms with Gasteiger partial charge in [-0.2, -0.15) is 0 Å². The van der Waals surface area contributed by atoms with E-state index in [9.17, 15) is 0 Å². The van der Waals surface area contributed by atoms with Gasteiger partial charge in [0.15, 0.2) is 0 Å². The van der Waals surface area contributed by atoms with E-state index in [-0.39, 0.29) is 0 Å². The molecule has 0 unspecified atom stereocenters. The Balaban J connectivity index is 1.99. The van der Waals surface area contributed by atoms with Gasteiger partial charge in [-0.25, -0.2) is 4.98 Å². The lowest BCUT2D eigenvalue weighted by Crippen LogP contribution is -1.89. The number of nitrogen functional groups attached to an aromatic ring is 1. The Hall–Kier alpha value is -1.04. The third kappa shape index (κ3) is 2.25. The summed E-state index contributed by atoms with van der Waals surface area (Å²) >= 11 is 6.70. The van der Waals surface area contributed by atoms with E-state index in [0.717, 1.165) is 25.3 Å². The maximum atomic E-state index is 6.16. The largest absolute Gasteiger partial charge is 0.396 e. The summed E-state index contributed by atoms with van der Waals surface area (Å²) in [5.41, 5.74) is 9.65. The highest BCUT2D eigenvalue weighted by atomic mass is 79.9. The average Bonchev–Trinajstić information content (AvgIpc) is 2.84. The number of aromatic nitrogens is 1. The summed E-state index contributed by atoms with van der Waals surface area (Å²) in [6.45, 7) is 0. The third-order valence-corrected chi connectivity index (χ3v) is 4.95. The van der Waals surface area contributed by atoms with Crippen molar-refractivity contribution in [3.05, 3.63) is 46.4 Å². The molecular formula is C13H9BrN2S2. The third-order valence-electron chi connectivity index (χ3n) is 2.54. The average molecular weight is 337 g/mol. The molecule has 3 aromatic rings. The fourth-order valence-electron chi connectivity index (χ4n) is 1.65. The second kappa shape index (κ2) is 4.91. The summed E-state index contributed by atoms with van der Waals surface area (Å²) in [5.74, 6) is 0. The highest BCUT2D eigenvalue weighted by Crippen LogP contribution is 2.37. The molecule has 0 atom stereocenters. The summed E-state index contributed by atoms with van der Waals surface area (Å²) in [5, 5.41) is 0. The number of hydrogen-bond donors (Lipinski definition) is 1. The molecule has 0 bridgehead atoms. The number of fused-ring (bicyclic) bond motifs is 1. The molecule has 2 N–H and O–H groups in total. The Morgan fingerprint density at radius 3 is 2.67 bits per heavy atom. The van der Waals surface area contributed by atoms with Crippen molar-refractivity contribution in [2.75, 3.05) is 5.73 Å². The van der Waals surface area contributed by atoms with Gasteiger partial charge >= 0.3 is 0 Å². The van der Waals surface area contributed by atoms with E-state index in [1.807, 2.05) is 17.6 Å². The van der Waals surface area contributed by atoms with E-state index in [0.29, 0.717) is 0 Å². The normalized spacial score (nSPS) is 10.9. The van der Waals surface area contributed by atoms with Gasteiger partial charge in [-0.05, 0) is 36.4 Å². The van der Waals surface area contributed by atoms with Gasteiger partial charge in [0, 0.05) is 14.3 Å². The minimum atomic E-state index is 0.765. The van der Waals surface area contributed by atoms with Gasteiger partial charge in [-0.15, -0.1) is 11.3 Å². The monoisotopic (exact) mass is 336 g/mol. The van der Waals surface area contributed by atoms with Gasteiger partial charge in [-0.1, -0.05) is 27.7 Å². The Labute approximate surface area is 121 Å². The molecule has 1 heterocycles. The van der Waals surface area contributed by atoms with Crippen LogP contribution in [0, 0.1) is 0 Å². The molecular weight excluding hydrogens is 328 g/mol. The molecule has 18 heavy (non-hydrogen) atoms. The van der Waals surface area contributed by atoms with Crippen LogP contribution in [-0.2, 0) is 0 Å². The van der Waals surface area contributed by atoms with Crippen molar-refractivity contribution in [3.63, 3.8) is 0 Å². The van der Waals surface area contributed by atoms with Crippen LogP contribution in [0.15, 0.2) is 56.2 Å². The SMILES string of the molecule is Nc1c(Sc2ccc(Br)cc2)ccc2scnc12. The Morgan fingerprint density at radius 2 is 1.89 bits per heavy atom. The maximum absolute atomic E-state index is 6.16. The van der Waals surface area contributed by atoms with Crippen molar-refractivity contribution in [3.8, 4) is 0 Å². The van der Waals surface area contributed by atoms with E-state index in [1.165, 1.54) is 4.90 Å². The zero-order valence-electron chi connectivity index (χ0n) is 9.26. The molecule has 0 saturated carbocycles. The molecule has 0 aliphatic rings. The van der Waals surface area contributed by atoms with E-state index < -0.39 is 0 Å². The van der Waals surface area contributed by atoms with Gasteiger partial charge < -0.3 is 5.73 Å². The maximum Gasteiger partial charge on any atom is 0.105 e. The second-order valence-corrected chi connectivity index (χ2v) is 6.65. The van der Waals surface area contributed by atoms with E-state index in [1.54, 1.807) is 23.1 Å². The summed E-state index contributed by atoms with van der Waals surface area (Å²) in [6, 6.07) is 12.3. The molecule has 0 aliphatic heterocycles. The first-order valence-electron chi connectivity index (χ1n) is 5.29. The van der Waals surface area contributed by atoms with E-state index in [2.05, 4.69) is 45.2 Å². The minimum absolute atomic E-state index is 0.765. The molecule has 0 aliphatic carbocycles. The highest BCUT2D eigenvalue weighted by Gasteiger charge is 2.08. The molecule has 0 saturated heterocycles. The van der Waals surface area contributed by atoms with Crippen LogP contribution in [-0.4, -0.2) is 4.98 Å². The molecule has 2 aromatic carbocycles. The second-order valence-electron chi connectivity index (χ2n) is 3.73. The number of halogens is 1. The molecule has 0 amide bonds. The predicted molar refractivity (Wildman–Crippen MR) is 82.3 cm³/mol. The van der Waals surface area contributed by atoms with Gasteiger partial charge in [0.25, 0.3) is 0 Å². The number of rotatable bonds is 2. The van der Waals surface area contributed by atoms with Crippen LogP contribution in [0.4, 0.5) is 5.69 Å². The Bertz CT molecular complexity index is 692. The predicted octanol–water partition coefficient (Wildman–Crippen LogP) is 4.79. The van der Waals surface area contributed by atoms with Crippen LogP contribution in [0.5, 0.6) is 0 Å². The first-order valence-corrected chi connectivity index (χ1v) is 7.78. The fraction of sp³-hybridized carbons (Fsp3) is 0. The van der Waals surface area contributed by atoms with E-state index in [4.69, 9.17) is 5.73 Å². The molecule has 2 nitrogen and oxygen atoms in total. The molecule has 0 spiro atoms.